The van der Waals surface area contributed by atoms with Crippen LogP contribution in [0.15, 0.2) is 35.6 Å². The van der Waals surface area contributed by atoms with Crippen LogP contribution in [0.1, 0.15) is 13.3 Å². The van der Waals surface area contributed by atoms with Crippen molar-refractivity contribution in [1.29, 1.82) is 0 Å². The standard InChI is InChI=1S/C24H31N7O4S/c1-4-35-12-10-25-21-19-14-27-31(22(19)29-24(28-21)36-3)11-9-26-23(33)16-13-20(32)30(15-16)17-5-7-18(34-2)8-6-17/h5-8,14,16H,4,9-13,15H2,1-3H3,(H,26,33)(H,25,28,29). The number of anilines is 2. The Morgan fingerprint density at radius 3 is 2.75 bits per heavy atom. The molecule has 2 amide bonds. The maximum absolute atomic E-state index is 12.8. The van der Waals surface area contributed by atoms with Crippen LogP contribution in [0.5, 0.6) is 5.75 Å². The van der Waals surface area contributed by atoms with Gasteiger partial charge in [0, 0.05) is 38.3 Å². The summed E-state index contributed by atoms with van der Waals surface area (Å²) in [7, 11) is 1.59. The lowest BCUT2D eigenvalue weighted by atomic mass is 10.1. The molecule has 0 spiro atoms. The first-order chi connectivity index (χ1) is 17.5. The molecule has 1 unspecified atom stereocenters. The molecule has 1 aliphatic rings. The summed E-state index contributed by atoms with van der Waals surface area (Å²) in [5.41, 5.74) is 1.46. The van der Waals surface area contributed by atoms with Gasteiger partial charge in [-0.15, -0.1) is 0 Å². The number of hydrogen-bond donors (Lipinski definition) is 2. The SMILES string of the molecule is CCOCCNc1nc(SC)nc2c1cnn2CCNC(=O)C1CC(=O)N(c2ccc(OC)cc2)C1. The van der Waals surface area contributed by atoms with E-state index >= 15 is 0 Å². The number of fused-ring (bicyclic) bond motifs is 1. The number of thioether (sulfide) groups is 1. The van der Waals surface area contributed by atoms with Gasteiger partial charge >= 0.3 is 0 Å². The van der Waals surface area contributed by atoms with Gasteiger partial charge in [-0.2, -0.15) is 5.10 Å². The van der Waals surface area contributed by atoms with Crippen LogP contribution >= 0.6 is 11.8 Å². The molecule has 1 atom stereocenters. The third kappa shape index (κ3) is 5.88. The molecule has 36 heavy (non-hydrogen) atoms. The van der Waals surface area contributed by atoms with Gasteiger partial charge in [-0.25, -0.2) is 14.6 Å². The average Bonchev–Trinajstić information content (AvgIpc) is 3.50. The monoisotopic (exact) mass is 513 g/mol. The van der Waals surface area contributed by atoms with E-state index in [4.69, 9.17) is 9.47 Å². The Bertz CT molecular complexity index is 1200. The number of nitrogens with one attached hydrogen (secondary N) is 2. The van der Waals surface area contributed by atoms with Gasteiger partial charge < -0.3 is 25.0 Å². The number of rotatable bonds is 12. The van der Waals surface area contributed by atoms with Crippen LogP contribution in [0.2, 0.25) is 0 Å². The molecule has 192 valence electrons. The number of benzene rings is 1. The van der Waals surface area contributed by atoms with E-state index < -0.39 is 5.92 Å². The summed E-state index contributed by atoms with van der Waals surface area (Å²) in [5.74, 6) is 0.815. The van der Waals surface area contributed by atoms with Gasteiger partial charge in [0.25, 0.3) is 0 Å². The Hall–Kier alpha value is -3.38. The smallest absolute Gasteiger partial charge is 0.227 e. The highest BCUT2D eigenvalue weighted by atomic mass is 32.2. The van der Waals surface area contributed by atoms with E-state index in [1.165, 1.54) is 11.8 Å². The molecule has 0 radical (unpaired) electrons. The molecule has 1 aliphatic heterocycles. The summed E-state index contributed by atoms with van der Waals surface area (Å²) < 4.78 is 12.3. The number of carbonyl (C=O) groups is 2. The molecular formula is C24H31N7O4S. The minimum atomic E-state index is -0.402. The number of ether oxygens (including phenoxy) is 2. The summed E-state index contributed by atoms with van der Waals surface area (Å²) in [6, 6.07) is 7.25. The quantitative estimate of drug-likeness (QED) is 0.213. The highest BCUT2D eigenvalue weighted by Crippen LogP contribution is 2.27. The first kappa shape index (κ1) is 25.7. The third-order valence-electron chi connectivity index (χ3n) is 5.90. The lowest BCUT2D eigenvalue weighted by molar-refractivity contribution is -0.126. The Labute approximate surface area is 213 Å². The maximum Gasteiger partial charge on any atom is 0.227 e. The van der Waals surface area contributed by atoms with Crippen molar-refractivity contribution in [1.82, 2.24) is 25.1 Å². The van der Waals surface area contributed by atoms with Crippen LogP contribution < -0.4 is 20.3 Å². The predicted molar refractivity (Wildman–Crippen MR) is 139 cm³/mol. The van der Waals surface area contributed by atoms with Crippen LogP contribution in [-0.4, -0.2) is 77.8 Å². The van der Waals surface area contributed by atoms with Crippen molar-refractivity contribution in [3.05, 3.63) is 30.5 Å². The lowest BCUT2D eigenvalue weighted by Gasteiger charge is -2.17. The topological polar surface area (TPSA) is 124 Å². The van der Waals surface area contributed by atoms with Gasteiger partial charge in [0.2, 0.25) is 11.8 Å². The van der Waals surface area contributed by atoms with E-state index in [-0.39, 0.29) is 18.2 Å². The van der Waals surface area contributed by atoms with E-state index in [1.54, 1.807) is 35.0 Å². The number of methoxy groups -OCH3 is 1. The molecule has 0 saturated carbocycles. The fourth-order valence-corrected chi connectivity index (χ4v) is 4.40. The minimum Gasteiger partial charge on any atom is -0.497 e. The molecule has 12 heteroatoms. The van der Waals surface area contributed by atoms with E-state index in [0.717, 1.165) is 11.1 Å². The van der Waals surface area contributed by atoms with Gasteiger partial charge in [-0.3, -0.25) is 9.59 Å². The molecule has 0 aliphatic carbocycles. The Balaban J connectivity index is 1.35. The van der Waals surface area contributed by atoms with Crippen molar-refractivity contribution in [3.63, 3.8) is 0 Å². The highest BCUT2D eigenvalue weighted by Gasteiger charge is 2.35. The molecule has 2 N–H and O–H groups in total. The van der Waals surface area contributed by atoms with Crippen molar-refractivity contribution in [3.8, 4) is 5.75 Å². The predicted octanol–water partition coefficient (Wildman–Crippen LogP) is 2.17. The van der Waals surface area contributed by atoms with Crippen molar-refractivity contribution in [2.75, 3.05) is 56.4 Å². The fraction of sp³-hybridized carbons (Fsp3) is 0.458. The summed E-state index contributed by atoms with van der Waals surface area (Å²) >= 11 is 1.45. The summed E-state index contributed by atoms with van der Waals surface area (Å²) in [4.78, 5) is 36.1. The number of aromatic nitrogens is 4. The fourth-order valence-electron chi connectivity index (χ4n) is 4.04. The van der Waals surface area contributed by atoms with Crippen LogP contribution in [0.3, 0.4) is 0 Å². The molecule has 4 rings (SSSR count). The molecule has 1 aromatic carbocycles. The second-order valence-corrected chi connectivity index (χ2v) is 8.96. The molecule has 2 aromatic heterocycles. The van der Waals surface area contributed by atoms with Gasteiger partial charge in [0.05, 0.1) is 37.8 Å². The molecule has 3 aromatic rings. The molecule has 3 heterocycles. The zero-order chi connectivity index (χ0) is 25.5. The van der Waals surface area contributed by atoms with E-state index in [1.807, 2.05) is 25.3 Å². The first-order valence-corrected chi connectivity index (χ1v) is 13.1. The van der Waals surface area contributed by atoms with Gasteiger partial charge in [-0.05, 0) is 37.4 Å². The van der Waals surface area contributed by atoms with Crippen molar-refractivity contribution < 1.29 is 19.1 Å². The van der Waals surface area contributed by atoms with Gasteiger partial charge in [0.15, 0.2) is 10.8 Å². The molecular weight excluding hydrogens is 482 g/mol. The summed E-state index contributed by atoms with van der Waals surface area (Å²) in [5, 5.41) is 12.1. The molecule has 11 nitrogen and oxygen atoms in total. The summed E-state index contributed by atoms with van der Waals surface area (Å²) in [6.07, 6.45) is 3.83. The van der Waals surface area contributed by atoms with E-state index in [0.29, 0.717) is 61.8 Å². The zero-order valence-corrected chi connectivity index (χ0v) is 21.5. The second-order valence-electron chi connectivity index (χ2n) is 8.18. The average molecular weight is 514 g/mol. The van der Waals surface area contributed by atoms with Crippen molar-refractivity contribution >= 4 is 46.1 Å². The van der Waals surface area contributed by atoms with Crippen LogP contribution in [0, 0.1) is 5.92 Å². The number of hydrogen-bond acceptors (Lipinski definition) is 9. The van der Waals surface area contributed by atoms with Crippen LogP contribution in [0.4, 0.5) is 11.5 Å². The minimum absolute atomic E-state index is 0.0657. The van der Waals surface area contributed by atoms with Gasteiger partial charge in [-0.1, -0.05) is 11.8 Å². The van der Waals surface area contributed by atoms with Crippen molar-refractivity contribution in [2.24, 2.45) is 5.92 Å². The Morgan fingerprint density at radius 1 is 1.22 bits per heavy atom. The van der Waals surface area contributed by atoms with E-state index in [9.17, 15) is 9.59 Å². The summed E-state index contributed by atoms with van der Waals surface area (Å²) in [6.45, 7) is 4.99. The largest absolute Gasteiger partial charge is 0.497 e. The first-order valence-electron chi connectivity index (χ1n) is 11.8. The molecule has 1 saturated heterocycles. The lowest BCUT2D eigenvalue weighted by Crippen LogP contribution is -2.35. The second kappa shape index (κ2) is 12.0. The molecule has 1 fully saturated rings. The zero-order valence-electron chi connectivity index (χ0n) is 20.7. The van der Waals surface area contributed by atoms with Crippen molar-refractivity contribution in [2.45, 2.75) is 25.0 Å². The number of nitrogens with zero attached hydrogens (tertiary/aromatic N) is 5. The third-order valence-corrected chi connectivity index (χ3v) is 6.45. The number of carbonyl (C=O) groups excluding carboxylic acids is 2. The van der Waals surface area contributed by atoms with Crippen LogP contribution in [0.25, 0.3) is 11.0 Å². The Morgan fingerprint density at radius 2 is 2.03 bits per heavy atom. The normalized spacial score (nSPS) is 15.5. The highest BCUT2D eigenvalue weighted by molar-refractivity contribution is 7.98. The Kier molecular flexibility index (Phi) is 8.60. The maximum atomic E-state index is 12.8. The van der Waals surface area contributed by atoms with Gasteiger partial charge in [0.1, 0.15) is 11.6 Å². The van der Waals surface area contributed by atoms with E-state index in [2.05, 4.69) is 25.7 Å². The molecule has 0 bridgehead atoms. The van der Waals surface area contributed by atoms with Crippen LogP contribution in [-0.2, 0) is 20.9 Å². The number of amides is 2.